The number of hydrogen-bond donors (Lipinski definition) is 2. The zero-order chi connectivity index (χ0) is 18.4. The second kappa shape index (κ2) is 8.17. The van der Waals surface area contributed by atoms with Crippen LogP contribution in [0.3, 0.4) is 0 Å². The fourth-order valence-corrected chi connectivity index (χ4v) is 2.70. The number of carboxylic acid groups (broad SMARTS) is 1. The molecule has 0 aliphatic carbocycles. The van der Waals surface area contributed by atoms with Crippen molar-refractivity contribution >= 4 is 23.3 Å². The van der Waals surface area contributed by atoms with Gasteiger partial charge in [-0.15, -0.1) is 0 Å². The van der Waals surface area contributed by atoms with E-state index < -0.39 is 5.97 Å². The molecule has 0 atom stereocenters. The van der Waals surface area contributed by atoms with Crippen LogP contribution in [-0.4, -0.2) is 16.1 Å². The van der Waals surface area contributed by atoms with E-state index in [4.69, 9.17) is 9.84 Å². The fourth-order valence-electron chi connectivity index (χ4n) is 2.34. The predicted octanol–water partition coefficient (Wildman–Crippen LogP) is 3.97. The van der Waals surface area contributed by atoms with Crippen LogP contribution in [0, 0.1) is 0 Å². The Morgan fingerprint density at radius 2 is 2.00 bits per heavy atom. The summed E-state index contributed by atoms with van der Waals surface area (Å²) in [6.45, 7) is 0.359. The van der Waals surface area contributed by atoms with Crippen LogP contribution in [0.4, 0.5) is 5.69 Å². The summed E-state index contributed by atoms with van der Waals surface area (Å²) in [6, 6.07) is 15.3. The van der Waals surface area contributed by atoms with Gasteiger partial charge in [-0.05, 0) is 42.5 Å². The molecular weight excluding hydrogens is 352 g/mol. The maximum absolute atomic E-state index is 11.3. The van der Waals surface area contributed by atoms with Gasteiger partial charge in [-0.2, -0.15) is 0 Å². The average molecular weight is 367 g/mol. The van der Waals surface area contributed by atoms with E-state index in [2.05, 4.69) is 10.3 Å². The van der Waals surface area contributed by atoms with E-state index in [1.54, 1.807) is 60.9 Å². The van der Waals surface area contributed by atoms with Gasteiger partial charge in [-0.1, -0.05) is 6.07 Å². The largest absolute Gasteiger partial charge is 0.505 e. The lowest BCUT2D eigenvalue weighted by Gasteiger charge is -2.09. The number of carboxylic acids is 1. The average Bonchev–Trinajstić information content (AvgIpc) is 2.67. The summed E-state index contributed by atoms with van der Waals surface area (Å²) in [5.74, 6) is 0.200. The summed E-state index contributed by atoms with van der Waals surface area (Å²) in [4.78, 5) is 15.6. The predicted molar refractivity (Wildman–Crippen MR) is 97.8 cm³/mol. The Balaban J connectivity index is 1.77. The van der Waals surface area contributed by atoms with Crippen molar-refractivity contribution in [2.24, 2.45) is 0 Å². The molecule has 26 heavy (non-hydrogen) atoms. The molecule has 0 bridgehead atoms. The van der Waals surface area contributed by atoms with Crippen molar-refractivity contribution in [1.82, 2.24) is 4.98 Å². The molecule has 130 valence electrons. The standard InChI is InChI=1S/C19H14N2O4S/c22-19(23)13-3-1-4-15(9-13)21-11-14-10-16(6-7-18(14)26-24)25-17-5-2-8-20-12-17/h1-10,12,21H,11H2/p+1. The van der Waals surface area contributed by atoms with Gasteiger partial charge in [-0.3, -0.25) is 4.98 Å². The van der Waals surface area contributed by atoms with Crippen LogP contribution in [0.5, 0.6) is 11.5 Å². The minimum absolute atomic E-state index is 0.196. The molecule has 1 aromatic heterocycles. The molecule has 3 rings (SSSR count). The van der Waals surface area contributed by atoms with Gasteiger partial charge in [0, 0.05) is 34.3 Å². The van der Waals surface area contributed by atoms with Crippen molar-refractivity contribution in [2.45, 2.75) is 11.4 Å². The van der Waals surface area contributed by atoms with Crippen molar-refractivity contribution in [3.63, 3.8) is 0 Å². The Morgan fingerprint density at radius 3 is 2.73 bits per heavy atom. The van der Waals surface area contributed by atoms with Gasteiger partial charge >= 0.3 is 17.6 Å². The lowest BCUT2D eigenvalue weighted by Crippen LogP contribution is -2.03. The first-order chi connectivity index (χ1) is 12.7. The van der Waals surface area contributed by atoms with Crippen LogP contribution in [0.25, 0.3) is 0 Å². The Morgan fingerprint density at radius 1 is 1.12 bits per heavy atom. The molecule has 0 aliphatic rings. The van der Waals surface area contributed by atoms with E-state index in [0.717, 1.165) is 5.56 Å². The van der Waals surface area contributed by atoms with Crippen LogP contribution in [0.15, 0.2) is 71.9 Å². The number of nitrogens with zero attached hydrogens (tertiary/aromatic N) is 1. The summed E-state index contributed by atoms with van der Waals surface area (Å²) < 4.78 is 17.1. The number of benzene rings is 2. The van der Waals surface area contributed by atoms with Crippen LogP contribution in [0.1, 0.15) is 15.9 Å². The van der Waals surface area contributed by atoms with Gasteiger partial charge in [0.1, 0.15) is 11.5 Å². The molecule has 0 amide bonds. The Bertz CT molecular complexity index is 932. The fraction of sp³-hybridized carbons (Fsp3) is 0.0526. The third-order valence-electron chi connectivity index (χ3n) is 3.58. The van der Waals surface area contributed by atoms with Crippen molar-refractivity contribution < 1.29 is 18.8 Å². The SMILES string of the molecule is O=[S+]c1ccc(Oc2cccnc2)cc1CNc1cccc(C(=O)O)c1. The summed E-state index contributed by atoms with van der Waals surface area (Å²) in [7, 11) is 0. The molecule has 2 aromatic carbocycles. The van der Waals surface area contributed by atoms with Crippen LogP contribution < -0.4 is 10.1 Å². The number of pyridine rings is 1. The van der Waals surface area contributed by atoms with E-state index in [-0.39, 0.29) is 5.56 Å². The molecule has 0 unspecified atom stereocenters. The maximum Gasteiger partial charge on any atom is 0.505 e. The summed E-state index contributed by atoms with van der Waals surface area (Å²) >= 11 is 0.402. The second-order valence-electron chi connectivity index (χ2n) is 5.38. The zero-order valence-electron chi connectivity index (χ0n) is 13.6. The number of aromatic carboxylic acids is 1. The Kier molecular flexibility index (Phi) is 5.50. The number of nitrogens with one attached hydrogen (secondary N) is 1. The van der Waals surface area contributed by atoms with E-state index >= 15 is 0 Å². The number of anilines is 1. The van der Waals surface area contributed by atoms with E-state index in [0.29, 0.717) is 40.3 Å². The minimum Gasteiger partial charge on any atom is -0.478 e. The second-order valence-corrected chi connectivity index (χ2v) is 5.99. The lowest BCUT2D eigenvalue weighted by atomic mass is 10.1. The topological polar surface area (TPSA) is 88.5 Å². The Labute approximate surface area is 154 Å². The summed E-state index contributed by atoms with van der Waals surface area (Å²) in [6.07, 6.45) is 3.26. The summed E-state index contributed by atoms with van der Waals surface area (Å²) in [5.41, 5.74) is 1.61. The molecule has 0 saturated heterocycles. The van der Waals surface area contributed by atoms with Gasteiger partial charge in [0.05, 0.1) is 11.8 Å². The number of rotatable bonds is 7. The number of carbonyl (C=O) groups is 1. The smallest absolute Gasteiger partial charge is 0.478 e. The highest BCUT2D eigenvalue weighted by Gasteiger charge is 2.16. The Hall–Kier alpha value is -3.32. The first kappa shape index (κ1) is 17.5. The molecule has 7 heteroatoms. The molecule has 1 heterocycles. The number of aromatic nitrogens is 1. The van der Waals surface area contributed by atoms with Crippen LogP contribution in [-0.2, 0) is 22.4 Å². The molecule has 6 nitrogen and oxygen atoms in total. The lowest BCUT2D eigenvalue weighted by molar-refractivity contribution is 0.0697. The third kappa shape index (κ3) is 4.40. The molecule has 2 N–H and O–H groups in total. The zero-order valence-corrected chi connectivity index (χ0v) is 14.4. The first-order valence-corrected chi connectivity index (χ1v) is 8.48. The van der Waals surface area contributed by atoms with E-state index in [9.17, 15) is 9.00 Å². The normalized spacial score (nSPS) is 10.2. The van der Waals surface area contributed by atoms with Crippen LogP contribution >= 0.6 is 0 Å². The molecule has 0 saturated carbocycles. The van der Waals surface area contributed by atoms with Gasteiger partial charge in [-0.25, -0.2) is 4.79 Å². The van der Waals surface area contributed by atoms with Crippen LogP contribution in [0.2, 0.25) is 0 Å². The molecule has 3 aromatic rings. The molecule has 0 fully saturated rings. The van der Waals surface area contributed by atoms with Gasteiger partial charge in [0.25, 0.3) is 4.90 Å². The molecule has 0 radical (unpaired) electrons. The first-order valence-electron chi connectivity index (χ1n) is 7.73. The van der Waals surface area contributed by atoms with Crippen molar-refractivity contribution in [1.29, 1.82) is 0 Å². The van der Waals surface area contributed by atoms with E-state index in [1.807, 2.05) is 0 Å². The highest BCUT2D eigenvalue weighted by Crippen LogP contribution is 2.24. The minimum atomic E-state index is -0.990. The molecule has 0 spiro atoms. The van der Waals surface area contributed by atoms with Gasteiger partial charge in [0.2, 0.25) is 0 Å². The number of ether oxygens (including phenoxy) is 1. The van der Waals surface area contributed by atoms with Gasteiger partial charge < -0.3 is 15.2 Å². The number of hydrogen-bond acceptors (Lipinski definition) is 5. The molecule has 0 aliphatic heterocycles. The monoisotopic (exact) mass is 367 g/mol. The molecular formula is C19H15N2O4S+. The quantitative estimate of drug-likeness (QED) is 0.614. The maximum atomic E-state index is 11.3. The highest BCUT2D eigenvalue weighted by atomic mass is 32.1. The van der Waals surface area contributed by atoms with Crippen molar-refractivity contribution in [3.8, 4) is 11.5 Å². The van der Waals surface area contributed by atoms with Gasteiger partial charge in [0.15, 0.2) is 0 Å². The third-order valence-corrected chi connectivity index (χ3v) is 4.16. The summed E-state index contributed by atoms with van der Waals surface area (Å²) in [5, 5.41) is 12.2. The highest BCUT2D eigenvalue weighted by molar-refractivity contribution is 7.65. The van der Waals surface area contributed by atoms with Crippen molar-refractivity contribution in [2.75, 3.05) is 5.32 Å². The van der Waals surface area contributed by atoms with E-state index in [1.165, 1.54) is 6.07 Å². The van der Waals surface area contributed by atoms with Crippen molar-refractivity contribution in [3.05, 3.63) is 78.1 Å².